The molecule has 4 nitrogen and oxygen atoms in total. The van der Waals surface area contributed by atoms with Crippen molar-refractivity contribution in [1.29, 1.82) is 0 Å². The topological polar surface area (TPSA) is 54.6 Å². The molecule has 126 valence electrons. The van der Waals surface area contributed by atoms with Crippen LogP contribution in [-0.2, 0) is 0 Å². The summed E-state index contributed by atoms with van der Waals surface area (Å²) >= 11 is 11.7. The van der Waals surface area contributed by atoms with E-state index >= 15 is 0 Å². The molecule has 0 fully saturated rings. The van der Waals surface area contributed by atoms with Gasteiger partial charge in [-0.25, -0.2) is 9.82 Å². The predicted molar refractivity (Wildman–Crippen MR) is 95.6 cm³/mol. The third kappa shape index (κ3) is 4.26. The Morgan fingerprint density at radius 2 is 1.96 bits per heavy atom. The van der Waals surface area contributed by atoms with Crippen molar-refractivity contribution >= 4 is 35.3 Å². The Labute approximate surface area is 152 Å². The monoisotopic (exact) mass is 376 g/mol. The Morgan fingerprint density at radius 3 is 2.72 bits per heavy atom. The van der Waals surface area contributed by atoms with Crippen molar-refractivity contribution in [2.24, 2.45) is 5.10 Å². The number of amides is 1. The van der Waals surface area contributed by atoms with Gasteiger partial charge in [0, 0.05) is 10.6 Å². The minimum atomic E-state index is -0.477. The molecular formula is C18H11Cl2FN2O2. The van der Waals surface area contributed by atoms with Crippen molar-refractivity contribution in [2.75, 3.05) is 0 Å². The fraction of sp³-hybridized carbons (Fsp3) is 0. The second-order valence-corrected chi connectivity index (χ2v) is 5.88. The minimum Gasteiger partial charge on any atom is -0.455 e. The van der Waals surface area contributed by atoms with Crippen molar-refractivity contribution in [3.8, 4) is 11.3 Å². The molecule has 0 bridgehead atoms. The number of nitrogens with one attached hydrogen (secondary N) is 1. The molecule has 0 spiro atoms. The summed E-state index contributed by atoms with van der Waals surface area (Å²) in [6.45, 7) is 0. The molecule has 0 saturated heterocycles. The van der Waals surface area contributed by atoms with Crippen molar-refractivity contribution in [3.63, 3.8) is 0 Å². The van der Waals surface area contributed by atoms with Crippen molar-refractivity contribution < 1.29 is 13.6 Å². The SMILES string of the molecule is O=C(N/N=C\c1ccc(-c2cccc(F)c2)o1)c1ccc(Cl)cc1Cl. The van der Waals surface area contributed by atoms with Crippen molar-refractivity contribution in [1.82, 2.24) is 5.43 Å². The third-order valence-corrected chi connectivity index (χ3v) is 3.82. The van der Waals surface area contributed by atoms with Crippen LogP contribution in [0.3, 0.4) is 0 Å². The maximum atomic E-state index is 13.2. The molecule has 0 aliphatic carbocycles. The van der Waals surface area contributed by atoms with Crippen LogP contribution in [0.2, 0.25) is 10.0 Å². The van der Waals surface area contributed by atoms with Gasteiger partial charge in [-0.05, 0) is 42.5 Å². The molecule has 1 amide bonds. The standard InChI is InChI=1S/C18H11Cl2FN2O2/c19-12-4-6-15(16(20)9-12)18(24)23-22-10-14-5-7-17(25-14)11-2-1-3-13(21)8-11/h1-10H,(H,23,24)/b22-10-. The fourth-order valence-corrected chi connectivity index (χ4v) is 2.60. The first-order chi connectivity index (χ1) is 12.0. The van der Waals surface area contributed by atoms with Crippen LogP contribution in [0.4, 0.5) is 4.39 Å². The second-order valence-electron chi connectivity index (χ2n) is 5.04. The third-order valence-electron chi connectivity index (χ3n) is 3.27. The van der Waals surface area contributed by atoms with Gasteiger partial charge in [-0.1, -0.05) is 35.3 Å². The van der Waals surface area contributed by atoms with Crippen LogP contribution in [0, 0.1) is 5.82 Å². The molecule has 0 saturated carbocycles. The van der Waals surface area contributed by atoms with Crippen LogP contribution in [0.15, 0.2) is 64.1 Å². The zero-order valence-corrected chi connectivity index (χ0v) is 14.2. The molecule has 0 unspecified atom stereocenters. The minimum absolute atomic E-state index is 0.228. The molecule has 1 N–H and O–H groups in total. The van der Waals surface area contributed by atoms with Crippen LogP contribution in [0.1, 0.15) is 16.1 Å². The summed E-state index contributed by atoms with van der Waals surface area (Å²) in [4.78, 5) is 12.0. The quantitative estimate of drug-likeness (QED) is 0.505. The Kier molecular flexibility index (Phi) is 5.16. The van der Waals surface area contributed by atoms with Gasteiger partial charge in [0.2, 0.25) is 0 Å². The van der Waals surface area contributed by atoms with Crippen molar-refractivity contribution in [2.45, 2.75) is 0 Å². The largest absolute Gasteiger partial charge is 0.455 e. The number of hydrazone groups is 1. The lowest BCUT2D eigenvalue weighted by atomic mass is 10.2. The highest BCUT2D eigenvalue weighted by molar-refractivity contribution is 6.36. The van der Waals surface area contributed by atoms with E-state index in [0.29, 0.717) is 22.1 Å². The van der Waals surface area contributed by atoms with E-state index in [1.54, 1.807) is 30.3 Å². The van der Waals surface area contributed by atoms with Gasteiger partial charge in [-0.2, -0.15) is 5.10 Å². The normalized spacial score (nSPS) is 11.0. The summed E-state index contributed by atoms with van der Waals surface area (Å²) in [5.41, 5.74) is 3.21. The first-order valence-electron chi connectivity index (χ1n) is 7.17. The molecule has 2 aromatic carbocycles. The lowest BCUT2D eigenvalue weighted by molar-refractivity contribution is 0.0955. The number of benzene rings is 2. The predicted octanol–water partition coefficient (Wildman–Crippen LogP) is 5.16. The zero-order valence-electron chi connectivity index (χ0n) is 12.7. The van der Waals surface area contributed by atoms with Crippen LogP contribution in [0.5, 0.6) is 0 Å². The van der Waals surface area contributed by atoms with Gasteiger partial charge < -0.3 is 4.42 Å². The van der Waals surface area contributed by atoms with Gasteiger partial charge in [0.15, 0.2) is 0 Å². The summed E-state index contributed by atoms with van der Waals surface area (Å²) < 4.78 is 18.8. The van der Waals surface area contributed by atoms with Gasteiger partial charge in [-0.3, -0.25) is 4.79 Å². The maximum absolute atomic E-state index is 13.2. The smallest absolute Gasteiger partial charge is 0.272 e. The highest BCUT2D eigenvalue weighted by atomic mass is 35.5. The van der Waals surface area contributed by atoms with Gasteiger partial charge in [0.05, 0.1) is 16.8 Å². The van der Waals surface area contributed by atoms with E-state index in [-0.39, 0.29) is 16.4 Å². The number of furan rings is 1. The number of halogens is 3. The van der Waals surface area contributed by atoms with Crippen LogP contribution in [0.25, 0.3) is 11.3 Å². The average Bonchev–Trinajstić information content (AvgIpc) is 3.03. The molecular weight excluding hydrogens is 366 g/mol. The zero-order chi connectivity index (χ0) is 17.8. The maximum Gasteiger partial charge on any atom is 0.272 e. The highest BCUT2D eigenvalue weighted by Crippen LogP contribution is 2.22. The van der Waals surface area contributed by atoms with Gasteiger partial charge in [0.1, 0.15) is 17.3 Å². The Bertz CT molecular complexity index is 954. The molecule has 1 aromatic heterocycles. The lowest BCUT2D eigenvalue weighted by Gasteiger charge is -2.02. The van der Waals surface area contributed by atoms with Gasteiger partial charge >= 0.3 is 0 Å². The van der Waals surface area contributed by atoms with E-state index in [2.05, 4.69) is 10.5 Å². The first kappa shape index (κ1) is 17.2. The Balaban J connectivity index is 1.68. The molecule has 25 heavy (non-hydrogen) atoms. The highest BCUT2D eigenvalue weighted by Gasteiger charge is 2.10. The first-order valence-corrected chi connectivity index (χ1v) is 7.93. The van der Waals surface area contributed by atoms with Crippen molar-refractivity contribution in [3.05, 3.63) is 81.8 Å². The van der Waals surface area contributed by atoms with Crippen LogP contribution < -0.4 is 5.43 Å². The summed E-state index contributed by atoms with van der Waals surface area (Å²) in [7, 11) is 0. The summed E-state index contributed by atoms with van der Waals surface area (Å²) in [6, 6.07) is 13.9. The Hall–Kier alpha value is -2.63. The average molecular weight is 377 g/mol. The summed E-state index contributed by atoms with van der Waals surface area (Å²) in [5.74, 6) is 0.0702. The number of carbonyl (C=O) groups is 1. The molecule has 0 aliphatic rings. The lowest BCUT2D eigenvalue weighted by Crippen LogP contribution is -2.17. The van der Waals surface area contributed by atoms with E-state index in [0.717, 1.165) is 0 Å². The van der Waals surface area contributed by atoms with Gasteiger partial charge in [-0.15, -0.1) is 0 Å². The molecule has 0 aliphatic heterocycles. The van der Waals surface area contributed by atoms with E-state index in [9.17, 15) is 9.18 Å². The second kappa shape index (κ2) is 7.51. The van der Waals surface area contributed by atoms with E-state index in [1.807, 2.05) is 0 Å². The fourth-order valence-electron chi connectivity index (χ4n) is 2.11. The van der Waals surface area contributed by atoms with Gasteiger partial charge in [0.25, 0.3) is 5.91 Å². The van der Waals surface area contributed by atoms with E-state index in [1.165, 1.54) is 30.5 Å². The van der Waals surface area contributed by atoms with Crippen LogP contribution >= 0.6 is 23.2 Å². The molecule has 1 heterocycles. The number of carbonyl (C=O) groups excluding carboxylic acids is 1. The number of nitrogens with zero attached hydrogens (tertiary/aromatic N) is 1. The molecule has 0 atom stereocenters. The van der Waals surface area contributed by atoms with Crippen LogP contribution in [-0.4, -0.2) is 12.1 Å². The Morgan fingerprint density at radius 1 is 1.12 bits per heavy atom. The number of hydrogen-bond acceptors (Lipinski definition) is 3. The molecule has 3 rings (SSSR count). The van der Waals surface area contributed by atoms with E-state index in [4.69, 9.17) is 27.6 Å². The van der Waals surface area contributed by atoms with E-state index < -0.39 is 5.91 Å². The summed E-state index contributed by atoms with van der Waals surface area (Å²) in [6.07, 6.45) is 1.34. The number of rotatable bonds is 4. The molecule has 3 aromatic rings. The number of hydrogen-bond donors (Lipinski definition) is 1. The molecule has 0 radical (unpaired) electrons. The molecule has 7 heteroatoms. The summed E-state index contributed by atoms with van der Waals surface area (Å²) in [5, 5.41) is 4.49.